The SMILES string of the molecule is CC(C(=O)Nc1ccc(-c2nncn2C)cn1)[C@H]1[C@@H]2C[C@H](Oc3ccnc4ccc(F)cc34)C[C@@H]21. The molecule has 0 bridgehead atoms. The zero-order valence-corrected chi connectivity index (χ0v) is 19.4. The van der Waals surface area contributed by atoms with E-state index >= 15 is 0 Å². The molecule has 35 heavy (non-hydrogen) atoms. The predicted molar refractivity (Wildman–Crippen MR) is 128 cm³/mol. The van der Waals surface area contributed by atoms with E-state index in [4.69, 9.17) is 4.74 Å². The maximum atomic E-state index is 13.7. The van der Waals surface area contributed by atoms with Crippen LogP contribution >= 0.6 is 0 Å². The third-order valence-corrected chi connectivity index (χ3v) is 7.40. The van der Waals surface area contributed by atoms with Crippen LogP contribution in [0.1, 0.15) is 19.8 Å². The molecule has 5 atom stereocenters. The van der Waals surface area contributed by atoms with E-state index in [9.17, 15) is 9.18 Å². The molecule has 0 radical (unpaired) electrons. The van der Waals surface area contributed by atoms with Gasteiger partial charge in [0.05, 0.1) is 11.6 Å². The second-order valence-corrected chi connectivity index (χ2v) is 9.56. The van der Waals surface area contributed by atoms with Crippen molar-refractivity contribution in [3.05, 3.63) is 60.9 Å². The highest BCUT2D eigenvalue weighted by molar-refractivity contribution is 5.92. The molecule has 3 aromatic heterocycles. The predicted octanol–water partition coefficient (Wildman–Crippen LogP) is 4.24. The Bertz CT molecular complexity index is 1390. The van der Waals surface area contributed by atoms with Crippen molar-refractivity contribution in [2.45, 2.75) is 25.9 Å². The van der Waals surface area contributed by atoms with Crippen LogP contribution in [0.4, 0.5) is 10.2 Å². The van der Waals surface area contributed by atoms with Crippen LogP contribution in [0.15, 0.2) is 55.1 Å². The minimum absolute atomic E-state index is 0.0172. The van der Waals surface area contributed by atoms with Crippen molar-refractivity contribution in [2.24, 2.45) is 30.7 Å². The van der Waals surface area contributed by atoms with Crippen LogP contribution in [0, 0.1) is 29.5 Å². The Morgan fingerprint density at radius 3 is 2.71 bits per heavy atom. The molecule has 0 saturated heterocycles. The number of hydrogen-bond acceptors (Lipinski definition) is 6. The van der Waals surface area contributed by atoms with Gasteiger partial charge in [0.25, 0.3) is 0 Å². The molecule has 2 saturated carbocycles. The zero-order valence-electron chi connectivity index (χ0n) is 19.4. The number of carbonyl (C=O) groups is 1. The molecule has 3 heterocycles. The summed E-state index contributed by atoms with van der Waals surface area (Å²) in [5.41, 5.74) is 1.55. The fourth-order valence-electron chi connectivity index (χ4n) is 5.61. The molecular weight excluding hydrogens is 447 g/mol. The lowest BCUT2D eigenvalue weighted by molar-refractivity contribution is -0.120. The molecule has 1 N–H and O–H groups in total. The molecule has 2 aliphatic rings. The van der Waals surface area contributed by atoms with Crippen LogP contribution < -0.4 is 10.1 Å². The van der Waals surface area contributed by atoms with Crippen molar-refractivity contribution in [3.8, 4) is 17.1 Å². The summed E-state index contributed by atoms with van der Waals surface area (Å²) in [4.78, 5) is 21.6. The summed E-state index contributed by atoms with van der Waals surface area (Å²) >= 11 is 0. The lowest BCUT2D eigenvalue weighted by Crippen LogP contribution is -2.26. The number of anilines is 1. The topological polar surface area (TPSA) is 94.8 Å². The van der Waals surface area contributed by atoms with E-state index in [-0.39, 0.29) is 23.7 Å². The van der Waals surface area contributed by atoms with Gasteiger partial charge in [0, 0.05) is 36.3 Å². The number of nitrogens with zero attached hydrogens (tertiary/aromatic N) is 5. The fraction of sp³-hybridized carbons (Fsp3) is 0.346. The first-order valence-corrected chi connectivity index (χ1v) is 11.8. The molecule has 0 spiro atoms. The van der Waals surface area contributed by atoms with Gasteiger partial charge in [0.15, 0.2) is 5.82 Å². The second kappa shape index (κ2) is 8.41. The highest BCUT2D eigenvalue weighted by Crippen LogP contribution is 2.61. The minimum Gasteiger partial charge on any atom is -0.490 e. The molecule has 2 fully saturated rings. The van der Waals surface area contributed by atoms with Crippen molar-refractivity contribution in [2.75, 3.05) is 5.32 Å². The number of carbonyl (C=O) groups excluding carboxylic acids is 1. The smallest absolute Gasteiger partial charge is 0.228 e. The molecule has 178 valence electrons. The van der Waals surface area contributed by atoms with E-state index in [1.165, 1.54) is 12.1 Å². The number of rotatable bonds is 6. The highest BCUT2D eigenvalue weighted by atomic mass is 19.1. The summed E-state index contributed by atoms with van der Waals surface area (Å²) in [6, 6.07) is 9.99. The van der Waals surface area contributed by atoms with Gasteiger partial charge >= 0.3 is 0 Å². The van der Waals surface area contributed by atoms with Crippen LogP contribution in [-0.2, 0) is 11.8 Å². The van der Waals surface area contributed by atoms with Crippen LogP contribution in [0.5, 0.6) is 5.75 Å². The van der Waals surface area contributed by atoms with E-state index in [0.717, 1.165) is 24.2 Å². The number of benzene rings is 1. The first-order valence-electron chi connectivity index (χ1n) is 11.8. The monoisotopic (exact) mass is 472 g/mol. The zero-order chi connectivity index (χ0) is 24.1. The van der Waals surface area contributed by atoms with Gasteiger partial charge in [0.1, 0.15) is 23.7 Å². The van der Waals surface area contributed by atoms with E-state index in [2.05, 4.69) is 25.5 Å². The first-order chi connectivity index (χ1) is 17.0. The van der Waals surface area contributed by atoms with Gasteiger partial charge < -0.3 is 14.6 Å². The van der Waals surface area contributed by atoms with Crippen LogP contribution in [0.2, 0.25) is 0 Å². The summed E-state index contributed by atoms with van der Waals surface area (Å²) in [6.07, 6.45) is 6.88. The summed E-state index contributed by atoms with van der Waals surface area (Å²) in [5.74, 6) is 2.76. The van der Waals surface area contributed by atoms with Crippen molar-refractivity contribution in [1.82, 2.24) is 24.7 Å². The van der Waals surface area contributed by atoms with Gasteiger partial charge in [-0.1, -0.05) is 6.92 Å². The van der Waals surface area contributed by atoms with E-state index in [0.29, 0.717) is 40.2 Å². The number of amides is 1. The number of fused-ring (bicyclic) bond motifs is 2. The second-order valence-electron chi connectivity index (χ2n) is 9.56. The maximum Gasteiger partial charge on any atom is 0.228 e. The first kappa shape index (κ1) is 21.6. The van der Waals surface area contributed by atoms with E-state index < -0.39 is 0 Å². The number of aryl methyl sites for hydroxylation is 1. The van der Waals surface area contributed by atoms with Gasteiger partial charge in [-0.2, -0.15) is 0 Å². The van der Waals surface area contributed by atoms with Gasteiger partial charge in [-0.25, -0.2) is 9.37 Å². The summed E-state index contributed by atoms with van der Waals surface area (Å²) in [7, 11) is 1.87. The Kier molecular flexibility index (Phi) is 5.20. The van der Waals surface area contributed by atoms with Crippen molar-refractivity contribution >= 4 is 22.6 Å². The van der Waals surface area contributed by atoms with E-state index in [1.54, 1.807) is 36.9 Å². The van der Waals surface area contributed by atoms with Crippen LogP contribution in [0.3, 0.4) is 0 Å². The number of halogens is 1. The molecule has 1 amide bonds. The van der Waals surface area contributed by atoms with Crippen LogP contribution in [-0.4, -0.2) is 36.7 Å². The third kappa shape index (κ3) is 4.00. The number of nitrogens with one attached hydrogen (secondary N) is 1. The Morgan fingerprint density at radius 2 is 2.00 bits per heavy atom. The molecular formula is C26H25FN6O2. The molecule has 1 aromatic carbocycles. The van der Waals surface area contributed by atoms with E-state index in [1.807, 2.05) is 24.6 Å². The maximum absolute atomic E-state index is 13.7. The third-order valence-electron chi connectivity index (χ3n) is 7.40. The Balaban J connectivity index is 1.05. The lowest BCUT2D eigenvalue weighted by atomic mass is 9.97. The minimum atomic E-state index is -0.303. The molecule has 6 rings (SSSR count). The molecule has 9 heteroatoms. The summed E-state index contributed by atoms with van der Waals surface area (Å²) in [5, 5.41) is 11.6. The number of pyridine rings is 2. The number of hydrogen-bond donors (Lipinski definition) is 1. The highest BCUT2D eigenvalue weighted by Gasteiger charge is 2.59. The Hall–Kier alpha value is -3.88. The number of aromatic nitrogens is 5. The summed E-state index contributed by atoms with van der Waals surface area (Å²) in [6.45, 7) is 1.99. The summed E-state index contributed by atoms with van der Waals surface area (Å²) < 4.78 is 21.8. The molecule has 8 nitrogen and oxygen atoms in total. The Morgan fingerprint density at radius 1 is 1.17 bits per heavy atom. The standard InChI is InChI=1S/C26H25FN6O2/c1-14(26(34)31-23-6-3-15(12-29-23)25-32-30-13-33(25)2)24-18-10-17(11-19(18)24)35-22-7-8-28-21-5-4-16(27)9-20(21)22/h3-9,12-14,17-19,24H,10-11H2,1-2H3,(H,29,31,34)/t14?,17-,18+,19-,24-. The van der Waals surface area contributed by atoms with Crippen molar-refractivity contribution in [3.63, 3.8) is 0 Å². The van der Waals surface area contributed by atoms with Crippen molar-refractivity contribution in [1.29, 1.82) is 0 Å². The average molecular weight is 473 g/mol. The van der Waals surface area contributed by atoms with Gasteiger partial charge in [0.2, 0.25) is 5.91 Å². The Labute approximate surface area is 201 Å². The molecule has 4 aromatic rings. The normalized spacial score (nSPS) is 23.6. The molecule has 0 aliphatic heterocycles. The fourth-order valence-corrected chi connectivity index (χ4v) is 5.61. The van der Waals surface area contributed by atoms with Gasteiger partial charge in [-0.15, -0.1) is 10.2 Å². The quantitative estimate of drug-likeness (QED) is 0.451. The molecule has 2 aliphatic carbocycles. The largest absolute Gasteiger partial charge is 0.490 e. The van der Waals surface area contributed by atoms with Gasteiger partial charge in [-0.3, -0.25) is 9.78 Å². The van der Waals surface area contributed by atoms with Crippen LogP contribution in [0.25, 0.3) is 22.3 Å². The number of ether oxygens (including phenoxy) is 1. The van der Waals surface area contributed by atoms with Gasteiger partial charge in [-0.05, 0) is 67.0 Å². The average Bonchev–Trinajstić information content (AvgIpc) is 3.15. The van der Waals surface area contributed by atoms with Crippen molar-refractivity contribution < 1.29 is 13.9 Å². The lowest BCUT2D eigenvalue weighted by Gasteiger charge is -2.20. The molecule has 1 unspecified atom stereocenters.